The summed E-state index contributed by atoms with van der Waals surface area (Å²) in [5, 5.41) is 9.18. The van der Waals surface area contributed by atoms with Gasteiger partial charge in [-0.15, -0.1) is 0 Å². The van der Waals surface area contributed by atoms with E-state index in [1.54, 1.807) is 60.7 Å². The van der Waals surface area contributed by atoms with Crippen LogP contribution in [-0.2, 0) is 19.0 Å². The molecular weight excluding hydrogens is 352 g/mol. The molecule has 1 heterocycles. The van der Waals surface area contributed by atoms with Crippen molar-refractivity contribution in [2.75, 3.05) is 6.61 Å². The highest BCUT2D eigenvalue weighted by Crippen LogP contribution is 2.25. The molecule has 7 nitrogen and oxygen atoms in total. The first-order chi connectivity index (χ1) is 13.0. The molecule has 1 saturated heterocycles. The quantitative estimate of drug-likeness (QED) is 0.779. The van der Waals surface area contributed by atoms with Crippen molar-refractivity contribution >= 4 is 17.9 Å². The Labute approximate surface area is 155 Å². The Hall–Kier alpha value is -3.19. The lowest BCUT2D eigenvalue weighted by Gasteiger charge is -2.19. The fourth-order valence-electron chi connectivity index (χ4n) is 2.74. The Morgan fingerprint density at radius 3 is 2.04 bits per heavy atom. The van der Waals surface area contributed by atoms with Crippen LogP contribution in [0.15, 0.2) is 60.7 Å². The van der Waals surface area contributed by atoms with E-state index in [0.29, 0.717) is 11.1 Å². The number of carbonyl (C=O) groups is 3. The van der Waals surface area contributed by atoms with Gasteiger partial charge in [0.25, 0.3) is 0 Å². The smallest absolute Gasteiger partial charge is 0.338 e. The molecule has 1 aliphatic rings. The van der Waals surface area contributed by atoms with Crippen LogP contribution in [0.25, 0.3) is 0 Å². The van der Waals surface area contributed by atoms with Crippen LogP contribution in [0.3, 0.4) is 0 Å². The second kappa shape index (κ2) is 8.46. The third-order valence-corrected chi connectivity index (χ3v) is 4.13. The summed E-state index contributed by atoms with van der Waals surface area (Å²) in [7, 11) is 0. The van der Waals surface area contributed by atoms with Gasteiger partial charge in [-0.2, -0.15) is 0 Å². The van der Waals surface area contributed by atoms with E-state index in [2.05, 4.69) is 0 Å². The third-order valence-electron chi connectivity index (χ3n) is 4.13. The highest BCUT2D eigenvalue weighted by molar-refractivity contribution is 5.90. The molecule has 0 aliphatic carbocycles. The standard InChI is InChI=1S/C20H18O7/c21-18(22)16-11-15(27-20(24)14-9-5-2-6-10-14)17(26-16)12-25-19(23)13-7-3-1-4-8-13/h1-10,15-17H,11-12H2,(H,21,22)/t15-,16?,17+/m0/s1. The maximum atomic E-state index is 12.2. The lowest BCUT2D eigenvalue weighted by Crippen LogP contribution is -2.32. The second-order valence-electron chi connectivity index (χ2n) is 6.01. The van der Waals surface area contributed by atoms with Crippen molar-refractivity contribution in [1.82, 2.24) is 0 Å². The number of ether oxygens (including phenoxy) is 3. The Bertz CT molecular complexity index is 804. The molecule has 3 rings (SSSR count). The van der Waals surface area contributed by atoms with Gasteiger partial charge in [0, 0.05) is 6.42 Å². The molecule has 1 fully saturated rings. The van der Waals surface area contributed by atoms with Gasteiger partial charge < -0.3 is 19.3 Å². The number of hydrogen-bond acceptors (Lipinski definition) is 6. The molecule has 0 saturated carbocycles. The monoisotopic (exact) mass is 370 g/mol. The summed E-state index contributed by atoms with van der Waals surface area (Å²) in [6, 6.07) is 16.7. The van der Waals surface area contributed by atoms with Gasteiger partial charge in [0.1, 0.15) is 18.8 Å². The maximum absolute atomic E-state index is 12.2. The molecule has 7 heteroatoms. The molecule has 27 heavy (non-hydrogen) atoms. The largest absolute Gasteiger partial charge is 0.479 e. The summed E-state index contributed by atoms with van der Waals surface area (Å²) in [6.07, 6.45) is -2.82. The van der Waals surface area contributed by atoms with Crippen LogP contribution in [0.1, 0.15) is 27.1 Å². The van der Waals surface area contributed by atoms with Crippen LogP contribution in [0, 0.1) is 0 Å². The van der Waals surface area contributed by atoms with Gasteiger partial charge in [-0.1, -0.05) is 36.4 Å². The lowest BCUT2D eigenvalue weighted by molar-refractivity contribution is -0.150. The average Bonchev–Trinajstić information content (AvgIpc) is 3.10. The minimum absolute atomic E-state index is 0.0124. The molecular formula is C20H18O7. The van der Waals surface area contributed by atoms with Gasteiger partial charge >= 0.3 is 17.9 Å². The predicted octanol–water partition coefficient (Wildman–Crippen LogP) is 2.31. The van der Waals surface area contributed by atoms with E-state index in [-0.39, 0.29) is 13.0 Å². The Balaban J connectivity index is 1.64. The second-order valence-corrected chi connectivity index (χ2v) is 6.01. The van der Waals surface area contributed by atoms with Crippen LogP contribution >= 0.6 is 0 Å². The summed E-state index contributed by atoms with van der Waals surface area (Å²) in [4.78, 5) is 35.5. The fraction of sp³-hybridized carbons (Fsp3) is 0.250. The predicted molar refractivity (Wildman–Crippen MR) is 93.3 cm³/mol. The summed E-state index contributed by atoms with van der Waals surface area (Å²) in [5.74, 6) is -2.31. The van der Waals surface area contributed by atoms with Crippen molar-refractivity contribution in [3.63, 3.8) is 0 Å². The Kier molecular flexibility index (Phi) is 5.83. The molecule has 0 bridgehead atoms. The first-order valence-electron chi connectivity index (χ1n) is 8.41. The van der Waals surface area contributed by atoms with Crippen LogP contribution < -0.4 is 0 Å². The number of benzene rings is 2. The van der Waals surface area contributed by atoms with Crippen molar-refractivity contribution < 1.29 is 33.7 Å². The average molecular weight is 370 g/mol. The van der Waals surface area contributed by atoms with E-state index in [4.69, 9.17) is 14.2 Å². The van der Waals surface area contributed by atoms with E-state index >= 15 is 0 Å². The van der Waals surface area contributed by atoms with E-state index < -0.39 is 36.2 Å². The molecule has 1 N–H and O–H groups in total. The summed E-state index contributed by atoms with van der Waals surface area (Å²) in [5.41, 5.74) is 0.708. The van der Waals surface area contributed by atoms with Crippen LogP contribution in [0.4, 0.5) is 0 Å². The van der Waals surface area contributed by atoms with Crippen molar-refractivity contribution in [3.8, 4) is 0 Å². The number of aliphatic carboxylic acids is 1. The van der Waals surface area contributed by atoms with Gasteiger partial charge in [0.15, 0.2) is 6.10 Å². The molecule has 0 radical (unpaired) electrons. The van der Waals surface area contributed by atoms with Gasteiger partial charge in [-0.05, 0) is 24.3 Å². The van der Waals surface area contributed by atoms with Gasteiger partial charge in [-0.25, -0.2) is 14.4 Å². The van der Waals surface area contributed by atoms with Crippen molar-refractivity contribution in [1.29, 1.82) is 0 Å². The number of rotatable bonds is 6. The zero-order chi connectivity index (χ0) is 19.2. The highest BCUT2D eigenvalue weighted by atomic mass is 16.6. The topological polar surface area (TPSA) is 99.1 Å². The van der Waals surface area contributed by atoms with Crippen LogP contribution in [0.5, 0.6) is 0 Å². The van der Waals surface area contributed by atoms with E-state index in [1.807, 2.05) is 0 Å². The lowest BCUT2D eigenvalue weighted by atomic mass is 10.1. The maximum Gasteiger partial charge on any atom is 0.338 e. The number of carboxylic acid groups (broad SMARTS) is 1. The number of carbonyl (C=O) groups excluding carboxylic acids is 2. The van der Waals surface area contributed by atoms with Crippen molar-refractivity contribution in [2.45, 2.75) is 24.7 Å². The van der Waals surface area contributed by atoms with E-state index in [9.17, 15) is 19.5 Å². The van der Waals surface area contributed by atoms with E-state index in [0.717, 1.165) is 0 Å². The minimum atomic E-state index is -1.16. The molecule has 0 spiro atoms. The summed E-state index contributed by atoms with van der Waals surface area (Å²) >= 11 is 0. The molecule has 0 aromatic heterocycles. The first-order valence-corrected chi connectivity index (χ1v) is 8.41. The number of carboxylic acids is 1. The van der Waals surface area contributed by atoms with Gasteiger partial charge in [0.05, 0.1) is 11.1 Å². The molecule has 3 atom stereocenters. The first kappa shape index (κ1) is 18.6. The van der Waals surface area contributed by atoms with Crippen LogP contribution in [-0.4, -0.2) is 47.9 Å². The summed E-state index contributed by atoms with van der Waals surface area (Å²) in [6.45, 7) is -0.218. The van der Waals surface area contributed by atoms with Crippen molar-refractivity contribution in [3.05, 3.63) is 71.8 Å². The normalized spacial score (nSPS) is 21.4. The number of esters is 2. The molecule has 1 aliphatic heterocycles. The fourth-order valence-corrected chi connectivity index (χ4v) is 2.74. The Morgan fingerprint density at radius 1 is 0.926 bits per heavy atom. The molecule has 140 valence electrons. The van der Waals surface area contributed by atoms with Crippen molar-refractivity contribution in [2.24, 2.45) is 0 Å². The third kappa shape index (κ3) is 4.71. The minimum Gasteiger partial charge on any atom is -0.479 e. The highest BCUT2D eigenvalue weighted by Gasteiger charge is 2.42. The van der Waals surface area contributed by atoms with Gasteiger partial charge in [-0.3, -0.25) is 0 Å². The SMILES string of the molecule is O=C(OC[C@H]1OC(C(=O)O)C[C@@H]1OC(=O)c1ccccc1)c1ccccc1. The molecule has 2 aromatic rings. The Morgan fingerprint density at radius 2 is 1.48 bits per heavy atom. The molecule has 0 amide bonds. The summed E-state index contributed by atoms with van der Waals surface area (Å²) < 4.78 is 16.0. The molecule has 2 aromatic carbocycles. The number of hydrogen-bond donors (Lipinski definition) is 1. The van der Waals surface area contributed by atoms with Gasteiger partial charge in [0.2, 0.25) is 0 Å². The zero-order valence-corrected chi connectivity index (χ0v) is 14.3. The zero-order valence-electron chi connectivity index (χ0n) is 14.3. The van der Waals surface area contributed by atoms with E-state index in [1.165, 1.54) is 0 Å². The molecule has 1 unspecified atom stereocenters. The van der Waals surface area contributed by atoms with Crippen LogP contribution in [0.2, 0.25) is 0 Å².